The summed E-state index contributed by atoms with van der Waals surface area (Å²) in [7, 11) is 1.43. The number of fused-ring (bicyclic) bond motifs is 1. The lowest BCUT2D eigenvalue weighted by atomic mass is 10.1. The molecule has 0 atom stereocenters. The smallest absolute Gasteiger partial charge is 0.339 e. The number of methoxy groups -OCH3 is 1. The summed E-state index contributed by atoms with van der Waals surface area (Å²) in [5.74, 6) is -3.20. The molecule has 5 N–H and O–H groups in total. The Morgan fingerprint density at radius 3 is 1.75 bits per heavy atom. The van der Waals surface area contributed by atoms with Crippen molar-refractivity contribution < 1.29 is 44.0 Å². The highest BCUT2D eigenvalue weighted by molar-refractivity contribution is 6.21. The Morgan fingerprint density at radius 1 is 0.736 bits per heavy atom. The van der Waals surface area contributed by atoms with Crippen molar-refractivity contribution in [2.45, 2.75) is 13.1 Å². The molecule has 2 aromatic heterocycles. The highest BCUT2D eigenvalue weighted by Gasteiger charge is 2.34. The number of rotatable bonds is 12. The number of ether oxygens (including phenoxy) is 2. The number of aromatic nitrogens is 2. The van der Waals surface area contributed by atoms with Crippen LogP contribution in [0.3, 0.4) is 0 Å². The summed E-state index contributed by atoms with van der Waals surface area (Å²) in [6.45, 7) is 1.15. The Labute approximate surface area is 302 Å². The Balaban J connectivity index is 0.000000231. The number of aromatic carboxylic acids is 2. The summed E-state index contributed by atoms with van der Waals surface area (Å²) < 4.78 is 13.6. The average Bonchev–Trinajstić information content (AvgIpc) is 3.83. The van der Waals surface area contributed by atoms with Crippen molar-refractivity contribution in [1.29, 1.82) is 10.5 Å². The molecule has 0 unspecified atom stereocenters. The van der Waals surface area contributed by atoms with E-state index in [9.17, 15) is 34.7 Å². The van der Waals surface area contributed by atoms with Gasteiger partial charge in [-0.3, -0.25) is 14.5 Å². The van der Waals surface area contributed by atoms with Crippen LogP contribution in [0.2, 0.25) is 0 Å². The minimum atomic E-state index is -1.19. The van der Waals surface area contributed by atoms with Crippen molar-refractivity contribution in [1.82, 2.24) is 14.0 Å². The summed E-state index contributed by atoms with van der Waals surface area (Å²) in [5.41, 5.74) is 9.52. The minimum absolute atomic E-state index is 0.0126. The van der Waals surface area contributed by atoms with Crippen LogP contribution in [0.1, 0.15) is 52.8 Å². The molecule has 0 saturated carbocycles. The van der Waals surface area contributed by atoms with Crippen LogP contribution in [-0.4, -0.2) is 80.1 Å². The molecular formula is C38H32N6O9. The number of phenols is 1. The van der Waals surface area contributed by atoms with E-state index in [4.69, 9.17) is 25.6 Å². The predicted octanol–water partition coefficient (Wildman–Crippen LogP) is 4.39. The quantitative estimate of drug-likeness (QED) is 0.104. The molecule has 53 heavy (non-hydrogen) atoms. The molecule has 1 aliphatic heterocycles. The van der Waals surface area contributed by atoms with Crippen molar-refractivity contribution in [3.63, 3.8) is 0 Å². The number of carbonyl (C=O) groups is 4. The molecule has 0 saturated heterocycles. The number of hydrogen-bond donors (Lipinski definition) is 4. The second kappa shape index (κ2) is 16.2. The van der Waals surface area contributed by atoms with Gasteiger partial charge in [0.1, 0.15) is 46.2 Å². The van der Waals surface area contributed by atoms with Crippen molar-refractivity contribution in [3.8, 4) is 45.9 Å². The predicted molar refractivity (Wildman–Crippen MR) is 188 cm³/mol. The lowest BCUT2D eigenvalue weighted by Crippen LogP contribution is -2.33. The maximum Gasteiger partial charge on any atom is 0.339 e. The molecular weight excluding hydrogens is 684 g/mol. The van der Waals surface area contributed by atoms with Gasteiger partial charge in [0.05, 0.1) is 11.1 Å². The van der Waals surface area contributed by atoms with E-state index in [1.54, 1.807) is 76.1 Å². The molecule has 6 rings (SSSR count). The van der Waals surface area contributed by atoms with Crippen LogP contribution in [0.15, 0.2) is 85.2 Å². The van der Waals surface area contributed by atoms with Crippen molar-refractivity contribution in [2.75, 3.05) is 27.0 Å². The van der Waals surface area contributed by atoms with Crippen LogP contribution in [0, 0.1) is 22.7 Å². The molecule has 3 heterocycles. The second-order valence-electron chi connectivity index (χ2n) is 11.5. The summed E-state index contributed by atoms with van der Waals surface area (Å²) in [4.78, 5) is 48.6. The number of benzene rings is 3. The minimum Gasteiger partial charge on any atom is -0.507 e. The van der Waals surface area contributed by atoms with Gasteiger partial charge in [-0.1, -0.05) is 24.3 Å². The second-order valence-corrected chi connectivity index (χ2v) is 11.5. The Morgan fingerprint density at radius 2 is 1.26 bits per heavy atom. The van der Waals surface area contributed by atoms with Gasteiger partial charge < -0.3 is 39.7 Å². The number of amides is 2. The van der Waals surface area contributed by atoms with Crippen LogP contribution in [0.25, 0.3) is 22.3 Å². The number of carboxylic acid groups (broad SMARTS) is 2. The zero-order chi connectivity index (χ0) is 38.2. The molecule has 0 fully saturated rings. The monoisotopic (exact) mass is 716 g/mol. The molecule has 268 valence electrons. The summed E-state index contributed by atoms with van der Waals surface area (Å²) in [5, 5.41) is 46.5. The molecule has 3 aromatic carbocycles. The van der Waals surface area contributed by atoms with E-state index in [-0.39, 0.29) is 54.3 Å². The highest BCUT2D eigenvalue weighted by Crippen LogP contribution is 2.30. The molecule has 2 amide bonds. The SMILES string of the molecule is COCOc1cc(-c2cc(C#N)n(CCN3C(=O)c4ccccc4C3=O)c2)ccc1C(=O)O.N#Cc1cc(-c2ccc(C(=O)O)c(O)c2)cn1CCN. The van der Waals surface area contributed by atoms with E-state index in [0.29, 0.717) is 52.3 Å². The molecule has 5 aromatic rings. The summed E-state index contributed by atoms with van der Waals surface area (Å²) in [6.07, 6.45) is 3.47. The number of nitrogens with two attached hydrogens (primary N) is 1. The average molecular weight is 717 g/mol. The molecule has 15 nitrogen and oxygen atoms in total. The fraction of sp³-hybridized carbons (Fsp3) is 0.158. The van der Waals surface area contributed by atoms with Crippen LogP contribution in [0.4, 0.5) is 0 Å². The first-order valence-corrected chi connectivity index (χ1v) is 15.9. The maximum atomic E-state index is 12.6. The zero-order valence-electron chi connectivity index (χ0n) is 28.2. The number of hydrogen-bond acceptors (Lipinski definition) is 10. The molecule has 0 radical (unpaired) electrons. The van der Waals surface area contributed by atoms with Gasteiger partial charge in [0.2, 0.25) is 0 Å². The third-order valence-corrected chi connectivity index (χ3v) is 8.27. The van der Waals surface area contributed by atoms with Crippen molar-refractivity contribution in [3.05, 3.63) is 119 Å². The van der Waals surface area contributed by atoms with E-state index in [1.165, 1.54) is 30.2 Å². The van der Waals surface area contributed by atoms with Gasteiger partial charge >= 0.3 is 11.9 Å². The largest absolute Gasteiger partial charge is 0.507 e. The highest BCUT2D eigenvalue weighted by atomic mass is 16.7. The number of carbonyl (C=O) groups excluding carboxylic acids is 2. The Kier molecular flexibility index (Phi) is 11.3. The maximum absolute atomic E-state index is 12.6. The summed E-state index contributed by atoms with van der Waals surface area (Å²) >= 11 is 0. The number of aromatic hydroxyl groups is 1. The van der Waals surface area contributed by atoms with Crippen molar-refractivity contribution in [2.24, 2.45) is 5.73 Å². The van der Waals surface area contributed by atoms with Crippen LogP contribution in [0.5, 0.6) is 11.5 Å². The van der Waals surface area contributed by atoms with Gasteiger partial charge in [-0.05, 0) is 59.7 Å². The molecule has 0 bridgehead atoms. The Hall–Kier alpha value is -7.20. The Bertz CT molecular complexity index is 2280. The number of nitriles is 2. The first kappa shape index (κ1) is 37.1. The van der Waals surface area contributed by atoms with E-state index in [2.05, 4.69) is 12.1 Å². The van der Waals surface area contributed by atoms with Gasteiger partial charge in [0, 0.05) is 56.8 Å². The van der Waals surface area contributed by atoms with Gasteiger partial charge in [-0.15, -0.1) is 0 Å². The van der Waals surface area contributed by atoms with Crippen LogP contribution in [-0.2, 0) is 17.8 Å². The zero-order valence-corrected chi connectivity index (χ0v) is 28.2. The van der Waals surface area contributed by atoms with E-state index < -0.39 is 11.9 Å². The number of carboxylic acids is 2. The fourth-order valence-corrected chi connectivity index (χ4v) is 5.69. The summed E-state index contributed by atoms with van der Waals surface area (Å²) in [6, 6.07) is 23.0. The van der Waals surface area contributed by atoms with Crippen LogP contribution < -0.4 is 10.5 Å². The molecule has 15 heteroatoms. The van der Waals surface area contributed by atoms with Gasteiger partial charge in [-0.25, -0.2) is 9.59 Å². The fourth-order valence-electron chi connectivity index (χ4n) is 5.69. The molecule has 0 aliphatic carbocycles. The third-order valence-electron chi connectivity index (χ3n) is 8.27. The first-order valence-electron chi connectivity index (χ1n) is 15.9. The lowest BCUT2D eigenvalue weighted by molar-refractivity contribution is 0.0483. The number of nitrogens with zero attached hydrogens (tertiary/aromatic N) is 5. The standard InChI is InChI=1S/C24H19N3O6.C14H13N3O3/c1-32-14-33-21-11-15(6-7-20(21)24(30)31)16-10-17(12-25)26(13-16)8-9-27-22(28)18-4-2-3-5-19(18)23(27)29;15-3-4-17-8-10(5-11(17)7-16)9-1-2-12(14(19)20)13(18)6-9/h2-7,10-11,13H,8-9,14H2,1H3,(H,30,31);1-2,5-6,8,18H,3-4,15H2,(H,19,20). The lowest BCUT2D eigenvalue weighted by Gasteiger charge is -2.14. The van der Waals surface area contributed by atoms with E-state index in [0.717, 1.165) is 5.56 Å². The molecule has 0 spiro atoms. The van der Waals surface area contributed by atoms with E-state index in [1.807, 2.05) is 0 Å². The third kappa shape index (κ3) is 7.92. The number of imide groups is 1. The topological polar surface area (TPSA) is 234 Å². The van der Waals surface area contributed by atoms with Gasteiger partial charge in [0.15, 0.2) is 6.79 Å². The van der Waals surface area contributed by atoms with Crippen LogP contribution >= 0.6 is 0 Å². The van der Waals surface area contributed by atoms with Crippen molar-refractivity contribution >= 4 is 23.8 Å². The first-order chi connectivity index (χ1) is 25.5. The normalized spacial score (nSPS) is 11.7. The molecule has 1 aliphatic rings. The van der Waals surface area contributed by atoms with Gasteiger partial charge in [0.25, 0.3) is 11.8 Å². The van der Waals surface area contributed by atoms with E-state index >= 15 is 0 Å². The van der Waals surface area contributed by atoms with Gasteiger partial charge in [-0.2, -0.15) is 10.5 Å².